The van der Waals surface area contributed by atoms with E-state index in [-0.39, 0.29) is 5.78 Å². The molecule has 0 atom stereocenters. The minimum atomic E-state index is 0.287. The molecule has 0 N–H and O–H groups in total. The third kappa shape index (κ3) is 6.31. The minimum absolute atomic E-state index is 0.287. The lowest BCUT2D eigenvalue weighted by atomic mass is 9.99. The van der Waals surface area contributed by atoms with Gasteiger partial charge in [-0.25, -0.2) is 0 Å². The van der Waals surface area contributed by atoms with E-state index in [1.807, 2.05) is 12.3 Å². The van der Waals surface area contributed by atoms with E-state index in [2.05, 4.69) is 18.8 Å². The summed E-state index contributed by atoms with van der Waals surface area (Å²) in [6.45, 7) is 4.32. The van der Waals surface area contributed by atoms with Crippen LogP contribution in [0.2, 0.25) is 0 Å². The van der Waals surface area contributed by atoms with Gasteiger partial charge in [-0.05, 0) is 24.5 Å². The maximum absolute atomic E-state index is 12.2. The summed E-state index contributed by atoms with van der Waals surface area (Å²) in [6.07, 6.45) is 15.3. The van der Waals surface area contributed by atoms with Gasteiger partial charge in [0.15, 0.2) is 5.78 Å². The number of unbranched alkanes of at least 4 members (excludes halogenated alkanes) is 7. The van der Waals surface area contributed by atoms with Crippen molar-refractivity contribution in [3.05, 3.63) is 29.6 Å². The number of aryl methyl sites for hydroxylation is 1. The highest BCUT2D eigenvalue weighted by Crippen LogP contribution is 2.14. The third-order valence-corrected chi connectivity index (χ3v) is 3.84. The molecule has 2 heteroatoms. The van der Waals surface area contributed by atoms with Crippen molar-refractivity contribution in [3.8, 4) is 0 Å². The Morgan fingerprint density at radius 3 is 2.30 bits per heavy atom. The molecule has 0 aliphatic carbocycles. The maximum Gasteiger partial charge on any atom is 0.163 e. The zero-order valence-corrected chi connectivity index (χ0v) is 13.2. The first-order valence-electron chi connectivity index (χ1n) is 8.25. The molecule has 112 valence electrons. The van der Waals surface area contributed by atoms with E-state index in [0.29, 0.717) is 6.42 Å². The van der Waals surface area contributed by atoms with Crippen LogP contribution in [0.25, 0.3) is 0 Å². The molecule has 0 aromatic carbocycles. The highest BCUT2D eigenvalue weighted by Gasteiger charge is 2.09. The van der Waals surface area contributed by atoms with Crippen LogP contribution in [0.15, 0.2) is 18.5 Å². The molecule has 0 unspecified atom stereocenters. The monoisotopic (exact) mass is 275 g/mol. The minimum Gasteiger partial charge on any atom is -0.294 e. The largest absolute Gasteiger partial charge is 0.294 e. The van der Waals surface area contributed by atoms with Gasteiger partial charge in [-0.2, -0.15) is 0 Å². The first-order chi connectivity index (χ1) is 9.79. The lowest BCUT2D eigenvalue weighted by Gasteiger charge is -2.06. The smallest absolute Gasteiger partial charge is 0.163 e. The highest BCUT2D eigenvalue weighted by atomic mass is 16.1. The molecule has 0 bridgehead atoms. The van der Waals surface area contributed by atoms with Gasteiger partial charge in [0.2, 0.25) is 0 Å². The van der Waals surface area contributed by atoms with Crippen molar-refractivity contribution in [2.75, 3.05) is 0 Å². The molecule has 0 spiro atoms. The Balaban J connectivity index is 2.17. The molecule has 0 radical (unpaired) electrons. The molecular formula is C18H29NO. The van der Waals surface area contributed by atoms with E-state index in [9.17, 15) is 4.79 Å². The number of hydrogen-bond acceptors (Lipinski definition) is 2. The van der Waals surface area contributed by atoms with E-state index in [0.717, 1.165) is 24.0 Å². The van der Waals surface area contributed by atoms with E-state index in [1.54, 1.807) is 6.20 Å². The molecule has 0 amide bonds. The maximum atomic E-state index is 12.2. The fraction of sp³-hybridized carbons (Fsp3) is 0.667. The quantitative estimate of drug-likeness (QED) is 0.402. The molecular weight excluding hydrogens is 246 g/mol. The second-order valence-corrected chi connectivity index (χ2v) is 5.53. The molecule has 2 nitrogen and oxygen atoms in total. The van der Waals surface area contributed by atoms with Crippen LogP contribution < -0.4 is 0 Å². The third-order valence-electron chi connectivity index (χ3n) is 3.84. The molecule has 0 fully saturated rings. The normalized spacial score (nSPS) is 10.7. The van der Waals surface area contributed by atoms with Gasteiger partial charge in [-0.3, -0.25) is 9.78 Å². The summed E-state index contributed by atoms with van der Waals surface area (Å²) in [6, 6.07) is 1.87. The van der Waals surface area contributed by atoms with Crippen molar-refractivity contribution in [2.45, 2.75) is 78.1 Å². The Kier molecular flexibility index (Phi) is 8.93. The van der Waals surface area contributed by atoms with Gasteiger partial charge in [-0.1, -0.05) is 58.8 Å². The average molecular weight is 275 g/mol. The van der Waals surface area contributed by atoms with Gasteiger partial charge in [0, 0.05) is 24.4 Å². The summed E-state index contributed by atoms with van der Waals surface area (Å²) in [5.41, 5.74) is 1.96. The van der Waals surface area contributed by atoms with Crippen LogP contribution in [-0.4, -0.2) is 10.8 Å². The van der Waals surface area contributed by atoms with Gasteiger partial charge in [0.25, 0.3) is 0 Å². The first-order valence-corrected chi connectivity index (χ1v) is 8.25. The molecule has 1 aromatic heterocycles. The van der Waals surface area contributed by atoms with E-state index in [1.165, 1.54) is 44.9 Å². The number of nitrogens with zero attached hydrogens (tertiary/aromatic N) is 1. The number of ketones is 1. The number of carbonyl (C=O) groups is 1. The average Bonchev–Trinajstić information content (AvgIpc) is 2.49. The Morgan fingerprint density at radius 2 is 1.65 bits per heavy atom. The standard InChI is InChI=1S/C18H29NO/c1-3-5-6-7-8-9-10-11-12-18(20)17-13-14-19-15-16(17)4-2/h13-15H,3-12H2,1-2H3. The zero-order chi connectivity index (χ0) is 14.6. The van der Waals surface area contributed by atoms with Gasteiger partial charge in [0.05, 0.1) is 0 Å². The number of carbonyl (C=O) groups excluding carboxylic acids is 1. The second-order valence-electron chi connectivity index (χ2n) is 5.53. The summed E-state index contributed by atoms with van der Waals surface area (Å²) in [5.74, 6) is 0.287. The first kappa shape index (κ1) is 16.9. The van der Waals surface area contributed by atoms with E-state index < -0.39 is 0 Å². The van der Waals surface area contributed by atoms with Gasteiger partial charge in [-0.15, -0.1) is 0 Å². The zero-order valence-electron chi connectivity index (χ0n) is 13.2. The molecule has 1 rings (SSSR count). The number of Topliss-reactive ketones (excluding diaryl/α,β-unsaturated/α-hetero) is 1. The van der Waals surface area contributed by atoms with Gasteiger partial charge < -0.3 is 0 Å². The van der Waals surface area contributed by atoms with Crippen LogP contribution in [-0.2, 0) is 6.42 Å². The molecule has 20 heavy (non-hydrogen) atoms. The van der Waals surface area contributed by atoms with Crippen molar-refractivity contribution in [1.82, 2.24) is 4.98 Å². The van der Waals surface area contributed by atoms with E-state index >= 15 is 0 Å². The fourth-order valence-corrected chi connectivity index (χ4v) is 2.54. The number of pyridine rings is 1. The lowest BCUT2D eigenvalue weighted by molar-refractivity contribution is 0.0978. The summed E-state index contributed by atoms with van der Waals surface area (Å²) in [4.78, 5) is 16.3. The van der Waals surface area contributed by atoms with E-state index in [4.69, 9.17) is 0 Å². The van der Waals surface area contributed by atoms with Crippen LogP contribution in [0.5, 0.6) is 0 Å². The van der Waals surface area contributed by atoms with Crippen molar-refractivity contribution >= 4 is 5.78 Å². The summed E-state index contributed by atoms with van der Waals surface area (Å²) in [5, 5.41) is 0. The Bertz CT molecular complexity index is 387. The molecule has 1 heterocycles. The second kappa shape index (κ2) is 10.6. The number of aromatic nitrogens is 1. The van der Waals surface area contributed by atoms with Crippen LogP contribution >= 0.6 is 0 Å². The van der Waals surface area contributed by atoms with Crippen molar-refractivity contribution in [1.29, 1.82) is 0 Å². The Morgan fingerprint density at radius 1 is 1.00 bits per heavy atom. The van der Waals surface area contributed by atoms with Crippen molar-refractivity contribution in [3.63, 3.8) is 0 Å². The van der Waals surface area contributed by atoms with Crippen LogP contribution in [0.4, 0.5) is 0 Å². The summed E-state index contributed by atoms with van der Waals surface area (Å²) in [7, 11) is 0. The van der Waals surface area contributed by atoms with Crippen LogP contribution in [0.1, 0.15) is 87.6 Å². The molecule has 1 aromatic rings. The molecule has 0 saturated heterocycles. The Labute approximate surface area is 124 Å². The predicted octanol–water partition coefficient (Wildman–Crippen LogP) is 5.36. The topological polar surface area (TPSA) is 30.0 Å². The summed E-state index contributed by atoms with van der Waals surface area (Å²) >= 11 is 0. The predicted molar refractivity (Wildman–Crippen MR) is 85.2 cm³/mol. The van der Waals surface area contributed by atoms with Gasteiger partial charge in [0.1, 0.15) is 0 Å². The van der Waals surface area contributed by atoms with Crippen LogP contribution in [0, 0.1) is 0 Å². The SMILES string of the molecule is CCCCCCCCCCC(=O)c1ccncc1CC. The lowest BCUT2D eigenvalue weighted by Crippen LogP contribution is -2.03. The number of rotatable bonds is 11. The number of hydrogen-bond donors (Lipinski definition) is 0. The van der Waals surface area contributed by atoms with Crippen LogP contribution in [0.3, 0.4) is 0 Å². The highest BCUT2D eigenvalue weighted by molar-refractivity contribution is 5.97. The summed E-state index contributed by atoms with van der Waals surface area (Å²) < 4.78 is 0. The molecule has 0 aliphatic heterocycles. The fourth-order valence-electron chi connectivity index (χ4n) is 2.54. The van der Waals surface area contributed by atoms with Gasteiger partial charge >= 0.3 is 0 Å². The molecule has 0 aliphatic rings. The Hall–Kier alpha value is -1.18. The molecule has 0 saturated carbocycles. The van der Waals surface area contributed by atoms with Crippen molar-refractivity contribution < 1.29 is 4.79 Å². The van der Waals surface area contributed by atoms with Crippen molar-refractivity contribution in [2.24, 2.45) is 0 Å².